The molecule has 1 aromatic heterocycles. The van der Waals surface area contributed by atoms with Crippen LogP contribution in [0, 0.1) is 6.92 Å². The van der Waals surface area contributed by atoms with Crippen molar-refractivity contribution in [2.24, 2.45) is 0 Å². The molecule has 1 fully saturated rings. The van der Waals surface area contributed by atoms with Crippen molar-refractivity contribution in [2.45, 2.75) is 45.3 Å². The lowest BCUT2D eigenvalue weighted by Gasteiger charge is -2.22. The van der Waals surface area contributed by atoms with Crippen LogP contribution < -0.4 is 5.32 Å². The highest BCUT2D eigenvalue weighted by atomic mass is 16.5. The summed E-state index contributed by atoms with van der Waals surface area (Å²) in [5.74, 6) is 1.22. The monoisotopic (exact) mass is 225 g/mol. The molecule has 0 amide bonds. The molecule has 0 bridgehead atoms. The summed E-state index contributed by atoms with van der Waals surface area (Å²) in [5.41, 5.74) is 0. The third kappa shape index (κ3) is 3.57. The molecular formula is C11H19N3O2. The van der Waals surface area contributed by atoms with Gasteiger partial charge in [-0.05, 0) is 25.8 Å². The molecule has 5 nitrogen and oxygen atoms in total. The number of aromatic nitrogens is 2. The van der Waals surface area contributed by atoms with Crippen LogP contribution in [-0.2, 0) is 11.3 Å². The van der Waals surface area contributed by atoms with Crippen LogP contribution in [0.3, 0.4) is 0 Å². The molecule has 1 atom stereocenters. The maximum atomic E-state index is 5.51. The number of hydrogen-bond acceptors (Lipinski definition) is 5. The highest BCUT2D eigenvalue weighted by molar-refractivity contribution is 4.80. The van der Waals surface area contributed by atoms with E-state index in [-0.39, 0.29) is 0 Å². The third-order valence-electron chi connectivity index (χ3n) is 2.82. The second-order valence-electron chi connectivity index (χ2n) is 4.22. The molecule has 2 rings (SSSR count). The molecule has 0 spiro atoms. The smallest absolute Gasteiger partial charge is 0.223 e. The van der Waals surface area contributed by atoms with Crippen LogP contribution in [-0.4, -0.2) is 29.3 Å². The molecule has 5 heteroatoms. The van der Waals surface area contributed by atoms with Crippen molar-refractivity contribution in [1.82, 2.24) is 15.5 Å². The number of nitrogens with one attached hydrogen (secondary N) is 1. The van der Waals surface area contributed by atoms with Gasteiger partial charge in [-0.2, -0.15) is 4.98 Å². The molecule has 0 aromatic carbocycles. The fourth-order valence-corrected chi connectivity index (χ4v) is 1.96. The topological polar surface area (TPSA) is 60.2 Å². The maximum Gasteiger partial charge on any atom is 0.223 e. The van der Waals surface area contributed by atoms with Gasteiger partial charge >= 0.3 is 0 Å². The van der Waals surface area contributed by atoms with Crippen LogP contribution in [0.2, 0.25) is 0 Å². The molecule has 0 aliphatic carbocycles. The number of hydrogen-bond donors (Lipinski definition) is 1. The Balaban J connectivity index is 1.57. The second-order valence-corrected chi connectivity index (χ2v) is 4.22. The van der Waals surface area contributed by atoms with Gasteiger partial charge in [0.2, 0.25) is 5.89 Å². The van der Waals surface area contributed by atoms with Gasteiger partial charge in [0, 0.05) is 19.6 Å². The number of piperidine rings is 1. The molecule has 0 radical (unpaired) electrons. The summed E-state index contributed by atoms with van der Waals surface area (Å²) in [4.78, 5) is 4.08. The molecule has 16 heavy (non-hydrogen) atoms. The maximum absolute atomic E-state index is 5.51. The molecule has 1 saturated heterocycles. The molecule has 2 heterocycles. The molecule has 0 saturated carbocycles. The first-order valence-corrected chi connectivity index (χ1v) is 5.95. The number of nitrogens with zero attached hydrogens (tertiary/aromatic N) is 2. The molecule has 1 aromatic rings. The molecule has 1 aliphatic heterocycles. The van der Waals surface area contributed by atoms with E-state index in [2.05, 4.69) is 15.5 Å². The van der Waals surface area contributed by atoms with Gasteiger partial charge in [-0.1, -0.05) is 11.6 Å². The third-order valence-corrected chi connectivity index (χ3v) is 2.82. The van der Waals surface area contributed by atoms with Crippen LogP contribution in [0.1, 0.15) is 37.4 Å². The highest BCUT2D eigenvalue weighted by Gasteiger charge is 2.12. The van der Waals surface area contributed by atoms with Gasteiger partial charge in [-0.3, -0.25) is 0 Å². The van der Waals surface area contributed by atoms with Gasteiger partial charge in [0.1, 0.15) is 6.61 Å². The van der Waals surface area contributed by atoms with Crippen molar-refractivity contribution in [3.05, 3.63) is 11.7 Å². The summed E-state index contributed by atoms with van der Waals surface area (Å²) in [5, 5.41) is 7.27. The lowest BCUT2D eigenvalue weighted by molar-refractivity contribution is 0.102. The predicted octanol–water partition coefficient (Wildman–Crippen LogP) is 1.43. The quantitative estimate of drug-likeness (QED) is 0.768. The summed E-state index contributed by atoms with van der Waals surface area (Å²) in [7, 11) is 0. The molecule has 1 unspecified atom stereocenters. The van der Waals surface area contributed by atoms with Gasteiger partial charge < -0.3 is 14.6 Å². The summed E-state index contributed by atoms with van der Waals surface area (Å²) < 4.78 is 10.4. The lowest BCUT2D eigenvalue weighted by Crippen LogP contribution is -2.34. The van der Waals surface area contributed by atoms with E-state index in [9.17, 15) is 0 Å². The Bertz CT molecular complexity index is 308. The van der Waals surface area contributed by atoms with Gasteiger partial charge in [0.15, 0.2) is 5.82 Å². The normalized spacial score (nSPS) is 21.2. The van der Waals surface area contributed by atoms with Gasteiger partial charge in [-0.15, -0.1) is 0 Å². The van der Waals surface area contributed by atoms with Crippen LogP contribution in [0.15, 0.2) is 4.52 Å². The Morgan fingerprint density at radius 3 is 3.12 bits per heavy atom. The van der Waals surface area contributed by atoms with Crippen molar-refractivity contribution < 1.29 is 9.26 Å². The summed E-state index contributed by atoms with van der Waals surface area (Å²) in [6, 6.07) is 0.626. The van der Waals surface area contributed by atoms with Crippen LogP contribution in [0.4, 0.5) is 0 Å². The first-order valence-electron chi connectivity index (χ1n) is 5.95. The lowest BCUT2D eigenvalue weighted by atomic mass is 10.0. The Kier molecular flexibility index (Phi) is 4.30. The zero-order chi connectivity index (χ0) is 11.2. The summed E-state index contributed by atoms with van der Waals surface area (Å²) in [6.45, 7) is 4.13. The number of ether oxygens (including phenoxy) is 1. The Labute approximate surface area is 95.6 Å². The molecule has 1 N–H and O–H groups in total. The summed E-state index contributed by atoms with van der Waals surface area (Å²) >= 11 is 0. The van der Waals surface area contributed by atoms with Gasteiger partial charge in [0.05, 0.1) is 0 Å². The standard InChI is InChI=1S/C11H19N3O2/c1-9-13-11(14-16-9)8-15-7-5-10-4-2-3-6-12-10/h10,12H,2-8H2,1H3. The van der Waals surface area contributed by atoms with Crippen molar-refractivity contribution in [2.75, 3.05) is 13.2 Å². The van der Waals surface area contributed by atoms with E-state index in [0.29, 0.717) is 24.4 Å². The zero-order valence-corrected chi connectivity index (χ0v) is 9.74. The van der Waals surface area contributed by atoms with Crippen LogP contribution in [0.5, 0.6) is 0 Å². The predicted molar refractivity (Wildman–Crippen MR) is 58.9 cm³/mol. The minimum Gasteiger partial charge on any atom is -0.373 e. The fraction of sp³-hybridized carbons (Fsp3) is 0.818. The van der Waals surface area contributed by atoms with E-state index < -0.39 is 0 Å². The number of rotatable bonds is 5. The largest absolute Gasteiger partial charge is 0.373 e. The van der Waals surface area contributed by atoms with Gasteiger partial charge in [-0.25, -0.2) is 0 Å². The average Bonchev–Trinajstić information content (AvgIpc) is 2.72. The first-order chi connectivity index (χ1) is 7.84. The van der Waals surface area contributed by atoms with E-state index in [0.717, 1.165) is 19.6 Å². The SMILES string of the molecule is Cc1nc(COCCC2CCCCN2)no1. The van der Waals surface area contributed by atoms with Crippen molar-refractivity contribution in [3.8, 4) is 0 Å². The van der Waals surface area contributed by atoms with Crippen LogP contribution in [0.25, 0.3) is 0 Å². The van der Waals surface area contributed by atoms with Crippen molar-refractivity contribution >= 4 is 0 Å². The Morgan fingerprint density at radius 1 is 1.50 bits per heavy atom. The fourth-order valence-electron chi connectivity index (χ4n) is 1.96. The summed E-state index contributed by atoms with van der Waals surface area (Å²) in [6.07, 6.45) is 4.97. The van der Waals surface area contributed by atoms with E-state index in [4.69, 9.17) is 9.26 Å². The van der Waals surface area contributed by atoms with Crippen molar-refractivity contribution in [1.29, 1.82) is 0 Å². The van der Waals surface area contributed by atoms with E-state index in [1.54, 1.807) is 6.92 Å². The number of aryl methyl sites for hydroxylation is 1. The van der Waals surface area contributed by atoms with E-state index >= 15 is 0 Å². The molecule has 1 aliphatic rings. The Hall–Kier alpha value is -0.940. The zero-order valence-electron chi connectivity index (χ0n) is 9.74. The molecular weight excluding hydrogens is 206 g/mol. The van der Waals surface area contributed by atoms with Crippen LogP contribution >= 0.6 is 0 Å². The minimum absolute atomic E-state index is 0.448. The van der Waals surface area contributed by atoms with E-state index in [1.807, 2.05) is 0 Å². The second kappa shape index (κ2) is 5.96. The Morgan fingerprint density at radius 2 is 2.44 bits per heavy atom. The van der Waals surface area contributed by atoms with Crippen molar-refractivity contribution in [3.63, 3.8) is 0 Å². The first kappa shape index (κ1) is 11.5. The minimum atomic E-state index is 0.448. The average molecular weight is 225 g/mol. The molecule has 90 valence electrons. The van der Waals surface area contributed by atoms with Gasteiger partial charge in [0.25, 0.3) is 0 Å². The highest BCUT2D eigenvalue weighted by Crippen LogP contribution is 2.10. The van der Waals surface area contributed by atoms with E-state index in [1.165, 1.54) is 19.3 Å².